The number of nitrogens with zero attached hydrogens (tertiary/aromatic N) is 5. The molecule has 4 aromatic heterocycles. The Bertz CT molecular complexity index is 1120. The van der Waals surface area contributed by atoms with E-state index in [-0.39, 0.29) is 0 Å². The highest BCUT2D eigenvalue weighted by Crippen LogP contribution is 2.29. The van der Waals surface area contributed by atoms with Gasteiger partial charge in [0, 0.05) is 29.5 Å². The van der Waals surface area contributed by atoms with Crippen LogP contribution in [0.2, 0.25) is 0 Å². The van der Waals surface area contributed by atoms with Crippen LogP contribution in [0.15, 0.2) is 55.1 Å². The lowest BCUT2D eigenvalue weighted by Crippen LogP contribution is -1.85. The second-order valence-corrected chi connectivity index (χ2v) is 5.38. The Morgan fingerprint density at radius 2 is 1.92 bits per heavy atom. The molecule has 0 amide bonds. The summed E-state index contributed by atoms with van der Waals surface area (Å²) in [5.74, 6) is 0.686. The summed E-state index contributed by atoms with van der Waals surface area (Å²) in [6, 6.07) is 9.84. The summed E-state index contributed by atoms with van der Waals surface area (Å²) in [7, 11) is 0. The van der Waals surface area contributed by atoms with Crippen molar-refractivity contribution in [2.75, 3.05) is 0 Å². The standard InChI is InChI=1S/C17H11N7/c1-2-13-16(20-5-1)22-17(21-13)15-11-8-10(3-4-12(11)23-24-15)14-9-18-6-7-19-14/h1-9H,(H,23,24)(H,20,21,22). The van der Waals surface area contributed by atoms with Crippen molar-refractivity contribution < 1.29 is 0 Å². The normalized spacial score (nSPS) is 11.3. The molecule has 0 unspecified atom stereocenters. The summed E-state index contributed by atoms with van der Waals surface area (Å²) in [6.07, 6.45) is 6.81. The van der Waals surface area contributed by atoms with Gasteiger partial charge in [0.05, 0.1) is 22.9 Å². The Morgan fingerprint density at radius 3 is 2.79 bits per heavy atom. The van der Waals surface area contributed by atoms with Gasteiger partial charge in [-0.3, -0.25) is 15.1 Å². The van der Waals surface area contributed by atoms with Crippen molar-refractivity contribution >= 4 is 22.1 Å². The van der Waals surface area contributed by atoms with E-state index in [0.717, 1.165) is 33.4 Å². The first-order chi connectivity index (χ1) is 11.9. The van der Waals surface area contributed by atoms with Crippen molar-refractivity contribution in [3.05, 3.63) is 55.1 Å². The van der Waals surface area contributed by atoms with Crippen LogP contribution in [-0.4, -0.2) is 35.1 Å². The van der Waals surface area contributed by atoms with Gasteiger partial charge in [0.2, 0.25) is 0 Å². The molecule has 0 aliphatic heterocycles. The number of imidazole rings is 1. The van der Waals surface area contributed by atoms with Gasteiger partial charge in [0.1, 0.15) is 5.69 Å². The summed E-state index contributed by atoms with van der Waals surface area (Å²) in [5.41, 5.74) is 5.05. The third-order valence-electron chi connectivity index (χ3n) is 3.90. The molecule has 0 saturated heterocycles. The Hall–Kier alpha value is -3.61. The second-order valence-electron chi connectivity index (χ2n) is 5.38. The summed E-state index contributed by atoms with van der Waals surface area (Å²) < 4.78 is 0. The van der Waals surface area contributed by atoms with Gasteiger partial charge in [0.25, 0.3) is 0 Å². The highest BCUT2D eigenvalue weighted by Gasteiger charge is 2.14. The van der Waals surface area contributed by atoms with Crippen LogP contribution in [0.25, 0.3) is 44.8 Å². The highest BCUT2D eigenvalue weighted by atomic mass is 15.1. The number of benzene rings is 1. The molecule has 0 aliphatic rings. The maximum Gasteiger partial charge on any atom is 0.178 e. The molecular weight excluding hydrogens is 302 g/mol. The van der Waals surface area contributed by atoms with Crippen molar-refractivity contribution in [3.63, 3.8) is 0 Å². The molecule has 7 nitrogen and oxygen atoms in total. The van der Waals surface area contributed by atoms with Gasteiger partial charge in [-0.15, -0.1) is 0 Å². The van der Waals surface area contributed by atoms with Crippen molar-refractivity contribution in [2.24, 2.45) is 0 Å². The molecule has 0 aliphatic carbocycles. The van der Waals surface area contributed by atoms with Gasteiger partial charge in [-0.25, -0.2) is 9.97 Å². The van der Waals surface area contributed by atoms with E-state index >= 15 is 0 Å². The molecule has 0 radical (unpaired) electrons. The summed E-state index contributed by atoms with van der Waals surface area (Å²) in [4.78, 5) is 20.5. The fourth-order valence-corrected chi connectivity index (χ4v) is 2.76. The number of pyridine rings is 1. The number of fused-ring (bicyclic) bond motifs is 2. The number of aromatic nitrogens is 7. The Kier molecular flexibility index (Phi) is 2.66. The first kappa shape index (κ1) is 12.9. The van der Waals surface area contributed by atoms with Gasteiger partial charge in [0.15, 0.2) is 11.5 Å². The first-order valence-electron chi connectivity index (χ1n) is 7.44. The number of nitrogens with one attached hydrogen (secondary N) is 2. The van der Waals surface area contributed by atoms with Gasteiger partial charge in [-0.2, -0.15) is 5.10 Å². The van der Waals surface area contributed by atoms with Crippen LogP contribution in [0.3, 0.4) is 0 Å². The maximum absolute atomic E-state index is 4.53. The predicted molar refractivity (Wildman–Crippen MR) is 90.0 cm³/mol. The van der Waals surface area contributed by atoms with Gasteiger partial charge in [-0.1, -0.05) is 6.07 Å². The van der Waals surface area contributed by atoms with Crippen LogP contribution in [0.1, 0.15) is 0 Å². The van der Waals surface area contributed by atoms with E-state index in [1.165, 1.54) is 0 Å². The van der Waals surface area contributed by atoms with E-state index in [2.05, 4.69) is 35.1 Å². The highest BCUT2D eigenvalue weighted by molar-refractivity contribution is 5.95. The Morgan fingerprint density at radius 1 is 0.917 bits per heavy atom. The molecule has 0 fully saturated rings. The van der Waals surface area contributed by atoms with Crippen LogP contribution in [-0.2, 0) is 0 Å². The van der Waals surface area contributed by atoms with E-state index < -0.39 is 0 Å². The molecule has 1 aromatic carbocycles. The largest absolute Gasteiger partial charge is 0.335 e. The molecule has 0 bridgehead atoms. The first-order valence-corrected chi connectivity index (χ1v) is 7.44. The van der Waals surface area contributed by atoms with Gasteiger partial charge >= 0.3 is 0 Å². The van der Waals surface area contributed by atoms with Crippen LogP contribution >= 0.6 is 0 Å². The van der Waals surface area contributed by atoms with E-state index in [9.17, 15) is 0 Å². The van der Waals surface area contributed by atoms with E-state index in [1.807, 2.05) is 30.3 Å². The quantitative estimate of drug-likeness (QED) is 0.522. The van der Waals surface area contributed by atoms with E-state index in [4.69, 9.17) is 0 Å². The molecule has 0 saturated carbocycles. The molecule has 114 valence electrons. The minimum absolute atomic E-state index is 0.675. The van der Waals surface area contributed by atoms with Crippen LogP contribution < -0.4 is 0 Å². The fraction of sp³-hybridized carbons (Fsp3) is 0. The third-order valence-corrected chi connectivity index (χ3v) is 3.90. The molecule has 0 atom stereocenters. The fourth-order valence-electron chi connectivity index (χ4n) is 2.76. The topological polar surface area (TPSA) is 96.0 Å². The van der Waals surface area contributed by atoms with Crippen molar-refractivity contribution in [1.82, 2.24) is 35.1 Å². The summed E-state index contributed by atoms with van der Waals surface area (Å²) >= 11 is 0. The Labute approximate surface area is 135 Å². The lowest BCUT2D eigenvalue weighted by atomic mass is 10.1. The zero-order chi connectivity index (χ0) is 15.9. The molecule has 4 heterocycles. The minimum Gasteiger partial charge on any atom is -0.335 e. The third kappa shape index (κ3) is 1.95. The number of hydrogen-bond donors (Lipinski definition) is 2. The Balaban J connectivity index is 1.71. The van der Waals surface area contributed by atoms with E-state index in [1.54, 1.807) is 24.8 Å². The van der Waals surface area contributed by atoms with Crippen molar-refractivity contribution in [3.8, 4) is 22.8 Å². The van der Waals surface area contributed by atoms with Gasteiger partial charge in [-0.05, 0) is 24.3 Å². The number of hydrogen-bond acceptors (Lipinski definition) is 5. The molecule has 2 N–H and O–H groups in total. The number of aromatic amines is 2. The monoisotopic (exact) mass is 313 g/mol. The number of H-pyrrole nitrogens is 2. The zero-order valence-electron chi connectivity index (χ0n) is 12.4. The lowest BCUT2D eigenvalue weighted by molar-refractivity contribution is 1.10. The average molecular weight is 313 g/mol. The molecular formula is C17H11N7. The predicted octanol–water partition coefficient (Wildman–Crippen LogP) is 2.96. The van der Waals surface area contributed by atoms with Crippen LogP contribution in [0, 0.1) is 0 Å². The second kappa shape index (κ2) is 4.95. The lowest BCUT2D eigenvalue weighted by Gasteiger charge is -2.00. The zero-order valence-corrected chi connectivity index (χ0v) is 12.4. The molecule has 5 aromatic rings. The van der Waals surface area contributed by atoms with Crippen LogP contribution in [0.5, 0.6) is 0 Å². The van der Waals surface area contributed by atoms with Crippen molar-refractivity contribution in [2.45, 2.75) is 0 Å². The summed E-state index contributed by atoms with van der Waals surface area (Å²) in [5, 5.41) is 8.43. The minimum atomic E-state index is 0.675. The number of rotatable bonds is 2. The molecule has 0 spiro atoms. The molecule has 7 heteroatoms. The maximum atomic E-state index is 4.53. The van der Waals surface area contributed by atoms with Crippen molar-refractivity contribution in [1.29, 1.82) is 0 Å². The molecule has 5 rings (SSSR count). The van der Waals surface area contributed by atoms with Crippen LogP contribution in [0.4, 0.5) is 0 Å². The molecule has 24 heavy (non-hydrogen) atoms. The van der Waals surface area contributed by atoms with E-state index in [0.29, 0.717) is 11.5 Å². The summed E-state index contributed by atoms with van der Waals surface area (Å²) in [6.45, 7) is 0. The smallest absolute Gasteiger partial charge is 0.178 e. The SMILES string of the molecule is c1cnc2nc(-c3n[nH]c4ccc(-c5cnccn5)cc34)[nH]c2c1. The average Bonchev–Trinajstić information content (AvgIpc) is 3.25. The van der Waals surface area contributed by atoms with Gasteiger partial charge < -0.3 is 4.98 Å².